The van der Waals surface area contributed by atoms with E-state index < -0.39 is 30.2 Å². The summed E-state index contributed by atoms with van der Waals surface area (Å²) in [5, 5.41) is 15.7. The summed E-state index contributed by atoms with van der Waals surface area (Å²) in [4.78, 5) is 38.9. The van der Waals surface area contributed by atoms with Gasteiger partial charge in [0.2, 0.25) is 5.91 Å². The fraction of sp³-hybridized carbons (Fsp3) is 0.176. The van der Waals surface area contributed by atoms with Crippen LogP contribution in [-0.2, 0) is 9.59 Å². The number of carbonyl (C=O) groups excluding carboxylic acids is 3. The molecule has 1 aromatic carbocycles. The van der Waals surface area contributed by atoms with E-state index >= 15 is 0 Å². The highest BCUT2D eigenvalue weighted by Gasteiger charge is 2.18. The highest BCUT2D eigenvalue weighted by molar-refractivity contribution is 5.97. The van der Waals surface area contributed by atoms with Crippen LogP contribution in [0.25, 0.3) is 0 Å². The van der Waals surface area contributed by atoms with Crippen molar-refractivity contribution in [1.29, 1.82) is 0 Å². The van der Waals surface area contributed by atoms with E-state index in [-0.39, 0.29) is 23.8 Å². The first-order valence-electron chi connectivity index (χ1n) is 7.85. The number of hydrogen-bond acceptors (Lipinski definition) is 6. The Labute approximate surface area is 154 Å². The normalized spacial score (nSPS) is 11.3. The van der Waals surface area contributed by atoms with Crippen molar-refractivity contribution in [1.82, 2.24) is 10.6 Å². The van der Waals surface area contributed by atoms with Crippen molar-refractivity contribution in [2.75, 3.05) is 6.54 Å². The summed E-state index contributed by atoms with van der Waals surface area (Å²) in [6, 6.07) is 8.37. The quantitative estimate of drug-likeness (QED) is 0.336. The fourth-order valence-corrected chi connectivity index (χ4v) is 2.25. The van der Waals surface area contributed by atoms with E-state index in [1.165, 1.54) is 24.5 Å². The van der Waals surface area contributed by atoms with Crippen molar-refractivity contribution in [3.63, 3.8) is 0 Å². The molecular weight excluding hydrogens is 354 g/mol. The van der Waals surface area contributed by atoms with E-state index in [4.69, 9.17) is 15.9 Å². The molecule has 0 aliphatic rings. The summed E-state index contributed by atoms with van der Waals surface area (Å²) in [6.45, 7) is -0.365. The van der Waals surface area contributed by atoms with Gasteiger partial charge in [-0.3, -0.25) is 9.59 Å². The number of nitrogens with one attached hydrogen (secondary N) is 2. The number of nitrogens with zero attached hydrogens (tertiary/aromatic N) is 1. The number of amides is 2. The lowest BCUT2D eigenvalue weighted by atomic mass is 10.1. The minimum absolute atomic E-state index is 0.149. The van der Waals surface area contributed by atoms with Crippen LogP contribution in [0.4, 0.5) is 5.69 Å². The zero-order valence-corrected chi connectivity index (χ0v) is 14.2. The summed E-state index contributed by atoms with van der Waals surface area (Å²) in [6.07, 6.45) is 0.892. The van der Waals surface area contributed by atoms with Gasteiger partial charge in [0.1, 0.15) is 5.76 Å². The average Bonchev–Trinajstić information content (AvgIpc) is 3.13. The molecule has 10 heteroatoms. The molecule has 0 aliphatic heterocycles. The van der Waals surface area contributed by atoms with E-state index in [2.05, 4.69) is 15.6 Å². The molecule has 1 atom stereocenters. The van der Waals surface area contributed by atoms with Gasteiger partial charge in [0.05, 0.1) is 24.5 Å². The molecule has 2 amide bonds. The Morgan fingerprint density at radius 3 is 2.59 bits per heavy atom. The third kappa shape index (κ3) is 6.20. The molecule has 10 nitrogen and oxygen atoms in total. The largest absolute Gasteiger partial charge is 0.550 e. The van der Waals surface area contributed by atoms with Gasteiger partial charge < -0.3 is 36.4 Å². The molecule has 1 heterocycles. The molecule has 142 valence electrons. The van der Waals surface area contributed by atoms with Crippen LogP contribution in [0.15, 0.2) is 52.1 Å². The van der Waals surface area contributed by atoms with Gasteiger partial charge in [-0.05, 0) is 30.3 Å². The van der Waals surface area contributed by atoms with Gasteiger partial charge >= 0.3 is 0 Å². The van der Waals surface area contributed by atoms with E-state index in [1.807, 2.05) is 0 Å². The second-order valence-corrected chi connectivity index (χ2v) is 5.48. The van der Waals surface area contributed by atoms with Crippen molar-refractivity contribution in [3.8, 4) is 0 Å². The fourth-order valence-electron chi connectivity index (χ4n) is 2.25. The predicted octanol–water partition coefficient (Wildman–Crippen LogP) is -1.09. The minimum Gasteiger partial charge on any atom is -0.550 e. The Morgan fingerprint density at radius 1 is 1.19 bits per heavy atom. The number of benzene rings is 1. The molecule has 0 saturated heterocycles. The molecule has 0 saturated carbocycles. The van der Waals surface area contributed by atoms with Crippen LogP contribution in [0, 0.1) is 0 Å². The van der Waals surface area contributed by atoms with Crippen LogP contribution in [-0.4, -0.2) is 30.3 Å². The second kappa shape index (κ2) is 9.04. The first-order valence-corrected chi connectivity index (χ1v) is 7.85. The molecule has 2 rings (SSSR count). The molecule has 2 aromatic rings. The van der Waals surface area contributed by atoms with Crippen LogP contribution in [0.1, 0.15) is 28.6 Å². The van der Waals surface area contributed by atoms with Crippen molar-refractivity contribution in [2.24, 2.45) is 16.5 Å². The number of rotatable bonds is 8. The molecule has 1 aromatic heterocycles. The number of nitrogens with two attached hydrogens (primary N) is 2. The van der Waals surface area contributed by atoms with Gasteiger partial charge in [0.25, 0.3) is 5.91 Å². The maximum Gasteiger partial charge on any atom is 0.251 e. The minimum atomic E-state index is -1.35. The Balaban J connectivity index is 1.95. The van der Waals surface area contributed by atoms with E-state index in [1.54, 1.807) is 18.2 Å². The standard InChI is InChI=1S/C17H19N5O5/c18-17(19)21-11-4-1-3-10(7-11)16(26)20-9-14(23)22-12(8-15(24)25)13-5-2-6-27-13/h1-7,12H,8-9H2,(H,20,26)(H,22,23)(H,24,25)(H4,18,19,21)/p-1. The third-order valence-electron chi connectivity index (χ3n) is 3.37. The zero-order chi connectivity index (χ0) is 19.8. The molecule has 6 N–H and O–H groups in total. The number of hydrogen-bond donors (Lipinski definition) is 4. The number of aliphatic carboxylic acids is 1. The maximum absolute atomic E-state index is 12.2. The van der Waals surface area contributed by atoms with Crippen LogP contribution in [0.3, 0.4) is 0 Å². The van der Waals surface area contributed by atoms with Gasteiger partial charge in [-0.2, -0.15) is 0 Å². The number of carboxylic acid groups (broad SMARTS) is 1. The zero-order valence-electron chi connectivity index (χ0n) is 14.2. The molecular formula is C17H18N5O5-. The van der Waals surface area contributed by atoms with Crippen LogP contribution >= 0.6 is 0 Å². The third-order valence-corrected chi connectivity index (χ3v) is 3.37. The van der Waals surface area contributed by atoms with E-state index in [0.29, 0.717) is 5.69 Å². The summed E-state index contributed by atoms with van der Waals surface area (Å²) in [7, 11) is 0. The Bertz CT molecular complexity index is 843. The van der Waals surface area contributed by atoms with Crippen molar-refractivity contribution >= 4 is 29.4 Å². The number of aliphatic imine (C=N–C) groups is 1. The summed E-state index contributed by atoms with van der Waals surface area (Å²) in [5.41, 5.74) is 11.2. The van der Waals surface area contributed by atoms with Gasteiger partial charge in [-0.15, -0.1) is 0 Å². The van der Waals surface area contributed by atoms with Crippen LogP contribution in [0.2, 0.25) is 0 Å². The predicted molar refractivity (Wildman–Crippen MR) is 93.5 cm³/mol. The van der Waals surface area contributed by atoms with E-state index in [0.717, 1.165) is 0 Å². The van der Waals surface area contributed by atoms with Crippen molar-refractivity contribution < 1.29 is 23.9 Å². The van der Waals surface area contributed by atoms with Crippen LogP contribution in [0.5, 0.6) is 0 Å². The first kappa shape index (κ1) is 19.5. The SMILES string of the molecule is NC(N)=Nc1cccc(C(=O)NCC(=O)NC(CC(=O)[O-])c2ccco2)c1. The second-order valence-electron chi connectivity index (χ2n) is 5.48. The molecule has 0 aliphatic carbocycles. The van der Waals surface area contributed by atoms with Crippen LogP contribution < -0.4 is 27.2 Å². The first-order chi connectivity index (χ1) is 12.8. The average molecular weight is 372 g/mol. The lowest BCUT2D eigenvalue weighted by Gasteiger charge is -2.17. The smallest absolute Gasteiger partial charge is 0.251 e. The van der Waals surface area contributed by atoms with Gasteiger partial charge in [0.15, 0.2) is 5.96 Å². The summed E-state index contributed by atoms with van der Waals surface area (Å²) < 4.78 is 5.11. The molecule has 0 bridgehead atoms. The number of guanidine groups is 1. The van der Waals surface area contributed by atoms with Crippen molar-refractivity contribution in [2.45, 2.75) is 12.5 Å². The van der Waals surface area contributed by atoms with Gasteiger partial charge in [0, 0.05) is 18.0 Å². The lowest BCUT2D eigenvalue weighted by molar-refractivity contribution is -0.306. The topological polar surface area (TPSA) is 176 Å². The Kier molecular flexibility index (Phi) is 6.53. The molecule has 27 heavy (non-hydrogen) atoms. The van der Waals surface area contributed by atoms with E-state index in [9.17, 15) is 19.5 Å². The summed E-state index contributed by atoms with van der Waals surface area (Å²) in [5.74, 6) is -2.34. The Morgan fingerprint density at radius 2 is 1.96 bits per heavy atom. The highest BCUT2D eigenvalue weighted by Crippen LogP contribution is 2.17. The Hall–Kier alpha value is -3.82. The molecule has 0 fully saturated rings. The molecule has 1 unspecified atom stereocenters. The number of carboxylic acids is 1. The highest BCUT2D eigenvalue weighted by atomic mass is 16.4. The molecule has 0 radical (unpaired) electrons. The number of carbonyl (C=O) groups is 3. The van der Waals surface area contributed by atoms with Crippen molar-refractivity contribution in [3.05, 3.63) is 54.0 Å². The maximum atomic E-state index is 12.2. The molecule has 0 spiro atoms. The number of furan rings is 1. The van der Waals surface area contributed by atoms with Gasteiger partial charge in [-0.1, -0.05) is 6.07 Å². The monoisotopic (exact) mass is 372 g/mol. The van der Waals surface area contributed by atoms with Gasteiger partial charge in [-0.25, -0.2) is 4.99 Å². The summed E-state index contributed by atoms with van der Waals surface area (Å²) >= 11 is 0. The lowest BCUT2D eigenvalue weighted by Crippen LogP contribution is -2.40.